The van der Waals surface area contributed by atoms with Gasteiger partial charge in [-0.2, -0.15) is 0 Å². The van der Waals surface area contributed by atoms with Crippen LogP contribution >= 0.6 is 0 Å². The van der Waals surface area contributed by atoms with Gasteiger partial charge in [0.1, 0.15) is 0 Å². The molecule has 9 unspecified atom stereocenters. The molecule has 7 fully saturated rings. The first kappa shape index (κ1) is 24.2. The van der Waals surface area contributed by atoms with Crippen molar-refractivity contribution < 1.29 is 9.84 Å². The zero-order valence-corrected chi connectivity index (χ0v) is 21.9. The minimum absolute atomic E-state index is 0.0903. The van der Waals surface area contributed by atoms with Crippen molar-refractivity contribution in [2.75, 3.05) is 13.2 Å². The smallest absolute Gasteiger partial charge is 0.0738 e. The van der Waals surface area contributed by atoms with Crippen LogP contribution in [-0.2, 0) is 4.74 Å². The summed E-state index contributed by atoms with van der Waals surface area (Å²) in [5, 5.41) is 13.9. The molecule has 4 saturated carbocycles. The summed E-state index contributed by atoms with van der Waals surface area (Å²) in [7, 11) is 0. The Bertz CT molecular complexity index is 758. The van der Waals surface area contributed by atoms with Gasteiger partial charge in [-0.3, -0.25) is 0 Å². The zero-order chi connectivity index (χ0) is 23.8. The second-order valence-corrected chi connectivity index (χ2v) is 14.6. The summed E-state index contributed by atoms with van der Waals surface area (Å²) in [5.74, 6) is 3.47. The molecule has 4 aliphatic carbocycles. The van der Waals surface area contributed by atoms with E-state index in [4.69, 9.17) is 16.2 Å². The standard InChI is InChI=1S/C29H51N3O2/c1-26(2)25-21-6-7-22(17-33)29(25,31)18-28(14-21,34-26)23-12-20(11-19-5-8-24(30)32-16-19)13-27(15-23)9-3-4-10-27/h19-25,32-33H,3-18,30-31H2,1-2H3. The Morgan fingerprint density at radius 2 is 1.79 bits per heavy atom. The highest BCUT2D eigenvalue weighted by Crippen LogP contribution is 2.67. The molecule has 0 radical (unpaired) electrons. The fourth-order valence-electron chi connectivity index (χ4n) is 11.1. The maximum Gasteiger partial charge on any atom is 0.0738 e. The Morgan fingerprint density at radius 1 is 1.00 bits per heavy atom. The second-order valence-electron chi connectivity index (χ2n) is 14.6. The quantitative estimate of drug-likeness (QED) is 0.488. The van der Waals surface area contributed by atoms with Crippen LogP contribution in [0.2, 0.25) is 0 Å². The first-order valence-corrected chi connectivity index (χ1v) is 14.8. The molecule has 0 aromatic carbocycles. The molecular formula is C29H51N3O2. The molecule has 0 aromatic rings. The van der Waals surface area contributed by atoms with E-state index in [9.17, 15) is 5.11 Å². The van der Waals surface area contributed by atoms with Crippen LogP contribution < -0.4 is 16.8 Å². The van der Waals surface area contributed by atoms with Gasteiger partial charge in [-0.1, -0.05) is 12.8 Å². The Kier molecular flexibility index (Phi) is 5.97. The summed E-state index contributed by atoms with van der Waals surface area (Å²) in [4.78, 5) is 0. The summed E-state index contributed by atoms with van der Waals surface area (Å²) >= 11 is 0. The number of hydrogen-bond acceptors (Lipinski definition) is 5. The second kappa shape index (κ2) is 8.41. The van der Waals surface area contributed by atoms with Gasteiger partial charge in [-0.05, 0) is 127 Å². The third-order valence-corrected chi connectivity index (χ3v) is 12.0. The van der Waals surface area contributed by atoms with Crippen molar-refractivity contribution >= 4 is 0 Å². The van der Waals surface area contributed by atoms with Crippen LogP contribution in [0.15, 0.2) is 0 Å². The van der Waals surface area contributed by atoms with Crippen LogP contribution in [-0.4, -0.2) is 41.2 Å². The van der Waals surface area contributed by atoms with E-state index in [1.54, 1.807) is 0 Å². The van der Waals surface area contributed by atoms with E-state index in [-0.39, 0.29) is 35.4 Å². The van der Waals surface area contributed by atoms with Crippen LogP contribution in [0.25, 0.3) is 0 Å². The first-order valence-electron chi connectivity index (χ1n) is 14.8. The number of ether oxygens (including phenoxy) is 1. The first-order chi connectivity index (χ1) is 16.2. The number of rotatable bonds is 4. The Morgan fingerprint density at radius 3 is 2.50 bits per heavy atom. The van der Waals surface area contributed by atoms with Crippen molar-refractivity contribution in [3.63, 3.8) is 0 Å². The van der Waals surface area contributed by atoms with E-state index >= 15 is 0 Å². The molecule has 7 rings (SSSR count). The van der Waals surface area contributed by atoms with Gasteiger partial charge in [0, 0.05) is 24.0 Å². The minimum Gasteiger partial charge on any atom is -0.396 e. The Hall–Kier alpha value is -0.200. The summed E-state index contributed by atoms with van der Waals surface area (Å²) in [6, 6.07) is 0. The summed E-state index contributed by atoms with van der Waals surface area (Å²) in [6.07, 6.45) is 18.2. The largest absolute Gasteiger partial charge is 0.396 e. The Labute approximate surface area is 207 Å². The average Bonchev–Trinajstić information content (AvgIpc) is 3.20. The molecule has 7 aliphatic rings. The highest BCUT2D eigenvalue weighted by Gasteiger charge is 2.70. The summed E-state index contributed by atoms with van der Waals surface area (Å²) < 4.78 is 7.26. The van der Waals surface area contributed by atoms with E-state index in [1.807, 2.05) is 0 Å². The van der Waals surface area contributed by atoms with Gasteiger partial charge in [-0.15, -0.1) is 0 Å². The predicted molar refractivity (Wildman–Crippen MR) is 136 cm³/mol. The van der Waals surface area contributed by atoms with Crippen molar-refractivity contribution in [3.05, 3.63) is 0 Å². The van der Waals surface area contributed by atoms with Gasteiger partial charge < -0.3 is 26.6 Å². The number of nitrogens with two attached hydrogens (primary N) is 2. The molecule has 5 nitrogen and oxygen atoms in total. The number of aliphatic hydroxyl groups is 1. The molecule has 1 spiro atoms. The molecule has 34 heavy (non-hydrogen) atoms. The monoisotopic (exact) mass is 473 g/mol. The molecule has 6 N–H and O–H groups in total. The number of nitrogens with one attached hydrogen (secondary N) is 1. The van der Waals surface area contributed by atoms with E-state index in [0.717, 1.165) is 37.6 Å². The zero-order valence-electron chi connectivity index (χ0n) is 21.9. The molecule has 0 amide bonds. The third kappa shape index (κ3) is 3.83. The lowest BCUT2D eigenvalue weighted by Gasteiger charge is -2.71. The van der Waals surface area contributed by atoms with Gasteiger partial charge in [0.2, 0.25) is 0 Å². The van der Waals surface area contributed by atoms with Crippen LogP contribution in [0.4, 0.5) is 0 Å². The molecule has 4 bridgehead atoms. The predicted octanol–water partition coefficient (Wildman–Crippen LogP) is 4.31. The fourth-order valence-corrected chi connectivity index (χ4v) is 11.1. The highest BCUT2D eigenvalue weighted by atomic mass is 16.5. The number of aliphatic hydroxyl groups excluding tert-OH is 1. The molecule has 5 heteroatoms. The van der Waals surface area contributed by atoms with E-state index in [0.29, 0.717) is 23.2 Å². The third-order valence-electron chi connectivity index (χ3n) is 12.0. The Balaban J connectivity index is 1.30. The van der Waals surface area contributed by atoms with Crippen LogP contribution in [0.1, 0.15) is 104 Å². The van der Waals surface area contributed by atoms with Gasteiger partial charge in [0.15, 0.2) is 0 Å². The van der Waals surface area contributed by atoms with Gasteiger partial charge >= 0.3 is 0 Å². The minimum atomic E-state index is -0.267. The molecule has 3 saturated heterocycles. The lowest BCUT2D eigenvalue weighted by atomic mass is 9.43. The normalized spacial score (nSPS) is 51.6. The lowest BCUT2D eigenvalue weighted by Crippen LogP contribution is -2.78. The maximum atomic E-state index is 10.3. The van der Waals surface area contributed by atoms with Crippen molar-refractivity contribution in [1.29, 1.82) is 0 Å². The fraction of sp³-hybridized carbons (Fsp3) is 1.00. The number of fused-ring (bicyclic) bond motifs is 1. The molecule has 9 atom stereocenters. The number of piperidine rings is 1. The summed E-state index contributed by atoms with van der Waals surface area (Å²) in [5.41, 5.74) is 13.5. The van der Waals surface area contributed by atoms with Crippen molar-refractivity contribution in [2.24, 2.45) is 52.4 Å². The van der Waals surface area contributed by atoms with Gasteiger partial charge in [0.25, 0.3) is 0 Å². The topological polar surface area (TPSA) is 93.5 Å². The lowest BCUT2D eigenvalue weighted by molar-refractivity contribution is -0.324. The van der Waals surface area contributed by atoms with Crippen LogP contribution in [0.5, 0.6) is 0 Å². The molecule has 194 valence electrons. The van der Waals surface area contributed by atoms with Crippen LogP contribution in [0, 0.1) is 40.9 Å². The molecule has 3 heterocycles. The van der Waals surface area contributed by atoms with Gasteiger partial charge in [-0.25, -0.2) is 0 Å². The highest BCUT2D eigenvalue weighted by molar-refractivity contribution is 5.22. The SMILES string of the molecule is CC1(C)OC2(C3CC(CC4CCC(N)NC4)CC4(CCCC4)C3)CC3CCC(CO)C(N)(C2)C31. The molecule has 0 aromatic heterocycles. The van der Waals surface area contributed by atoms with Crippen molar-refractivity contribution in [3.8, 4) is 0 Å². The maximum absolute atomic E-state index is 10.3. The summed E-state index contributed by atoms with van der Waals surface area (Å²) in [6.45, 7) is 5.97. The number of hydrogen-bond donors (Lipinski definition) is 4. The average molecular weight is 474 g/mol. The van der Waals surface area contributed by atoms with Crippen molar-refractivity contribution in [1.82, 2.24) is 5.32 Å². The molecule has 3 aliphatic heterocycles. The molecular weight excluding hydrogens is 422 g/mol. The van der Waals surface area contributed by atoms with Crippen LogP contribution in [0.3, 0.4) is 0 Å². The van der Waals surface area contributed by atoms with Crippen molar-refractivity contribution in [2.45, 2.75) is 127 Å². The van der Waals surface area contributed by atoms with E-state index < -0.39 is 0 Å². The van der Waals surface area contributed by atoms with E-state index in [2.05, 4.69) is 19.2 Å². The van der Waals surface area contributed by atoms with Gasteiger partial charge in [0.05, 0.1) is 17.4 Å². The van der Waals surface area contributed by atoms with E-state index in [1.165, 1.54) is 70.6 Å².